The van der Waals surface area contributed by atoms with E-state index in [2.05, 4.69) is 20.1 Å². The lowest BCUT2D eigenvalue weighted by Crippen LogP contribution is -2.46. The number of carboxylic acid groups (broad SMARTS) is 1. The van der Waals surface area contributed by atoms with Crippen molar-refractivity contribution in [2.75, 3.05) is 18.4 Å². The van der Waals surface area contributed by atoms with Gasteiger partial charge in [-0.05, 0) is 25.0 Å². The summed E-state index contributed by atoms with van der Waals surface area (Å²) in [6.07, 6.45) is 0.897. The molecule has 9 heteroatoms. The molecule has 1 saturated heterocycles. The van der Waals surface area contributed by atoms with E-state index in [0.29, 0.717) is 31.1 Å². The number of hydrogen-bond acceptors (Lipinski definition) is 6. The highest BCUT2D eigenvalue weighted by Gasteiger charge is 2.38. The van der Waals surface area contributed by atoms with Gasteiger partial charge >= 0.3 is 12.0 Å². The Kier molecular flexibility index (Phi) is 3.41. The number of piperidine rings is 1. The Balaban J connectivity index is 1.90. The number of likely N-dealkylation sites (tertiary alicyclic amines) is 1. The third kappa shape index (κ3) is 2.55. The minimum atomic E-state index is -0.809. The first-order valence-electron chi connectivity index (χ1n) is 5.46. The topological polar surface area (TPSA) is 108 Å². The van der Waals surface area contributed by atoms with Crippen LogP contribution in [0.4, 0.5) is 9.93 Å². The van der Waals surface area contributed by atoms with Crippen molar-refractivity contribution in [3.05, 3.63) is 0 Å². The first kappa shape index (κ1) is 12.7. The number of carboxylic acids is 1. The molecule has 2 N–H and O–H groups in total. The second-order valence-corrected chi connectivity index (χ2v) is 5.18. The molecule has 0 aromatic carbocycles. The molecule has 2 amide bonds. The maximum absolute atomic E-state index is 11.8. The SMILES string of the molecule is CC1(C(=O)O)CCN(C(=O)Nc2nnns2)CC1. The van der Waals surface area contributed by atoms with Gasteiger partial charge in [0.2, 0.25) is 5.13 Å². The summed E-state index contributed by atoms with van der Waals surface area (Å²) in [4.78, 5) is 24.5. The summed E-state index contributed by atoms with van der Waals surface area (Å²) in [7, 11) is 0. The van der Waals surface area contributed by atoms with Crippen LogP contribution < -0.4 is 5.32 Å². The van der Waals surface area contributed by atoms with Crippen LogP contribution in [0.5, 0.6) is 0 Å². The average Bonchev–Trinajstić information content (AvgIpc) is 2.82. The van der Waals surface area contributed by atoms with E-state index in [-0.39, 0.29) is 6.03 Å². The number of carbonyl (C=O) groups is 2. The van der Waals surface area contributed by atoms with Crippen LogP contribution in [0.15, 0.2) is 0 Å². The van der Waals surface area contributed by atoms with E-state index in [0.717, 1.165) is 11.5 Å². The van der Waals surface area contributed by atoms with Crippen LogP contribution >= 0.6 is 11.5 Å². The number of carbonyl (C=O) groups excluding carboxylic acids is 1. The van der Waals surface area contributed by atoms with E-state index in [1.54, 1.807) is 11.8 Å². The lowest BCUT2D eigenvalue weighted by Gasteiger charge is -2.36. The zero-order valence-corrected chi connectivity index (χ0v) is 10.6. The molecule has 0 radical (unpaired) electrons. The third-order valence-corrected chi connectivity index (χ3v) is 3.70. The molecule has 1 aliphatic heterocycles. The molecular formula is C9H13N5O3S. The number of urea groups is 1. The summed E-state index contributed by atoms with van der Waals surface area (Å²) in [5.41, 5.74) is -0.735. The van der Waals surface area contributed by atoms with Gasteiger partial charge in [-0.2, -0.15) is 0 Å². The smallest absolute Gasteiger partial charge is 0.323 e. The number of anilines is 1. The minimum absolute atomic E-state index is 0.291. The summed E-state index contributed by atoms with van der Waals surface area (Å²) in [6.45, 7) is 2.54. The quantitative estimate of drug-likeness (QED) is 0.817. The van der Waals surface area contributed by atoms with E-state index in [4.69, 9.17) is 5.11 Å². The second-order valence-electron chi connectivity index (χ2n) is 4.45. The molecule has 0 atom stereocenters. The van der Waals surface area contributed by atoms with E-state index >= 15 is 0 Å². The van der Waals surface area contributed by atoms with E-state index in [1.807, 2.05) is 0 Å². The van der Waals surface area contributed by atoms with Crippen LogP contribution in [-0.2, 0) is 4.79 Å². The van der Waals surface area contributed by atoms with Gasteiger partial charge in [0.25, 0.3) is 0 Å². The van der Waals surface area contributed by atoms with Crippen LogP contribution in [0.25, 0.3) is 0 Å². The molecule has 2 heterocycles. The normalized spacial score (nSPS) is 18.4. The number of amides is 2. The number of aliphatic carboxylic acids is 1. The molecule has 1 aromatic heterocycles. The van der Waals surface area contributed by atoms with Crippen molar-refractivity contribution >= 4 is 28.7 Å². The summed E-state index contributed by atoms with van der Waals surface area (Å²) < 4.78 is 3.54. The largest absolute Gasteiger partial charge is 0.481 e. The highest BCUT2D eigenvalue weighted by Crippen LogP contribution is 2.31. The van der Waals surface area contributed by atoms with Crippen molar-refractivity contribution in [1.29, 1.82) is 0 Å². The molecule has 1 fully saturated rings. The fourth-order valence-electron chi connectivity index (χ4n) is 1.77. The second kappa shape index (κ2) is 4.84. The number of nitrogens with zero attached hydrogens (tertiary/aromatic N) is 4. The lowest BCUT2D eigenvalue weighted by atomic mass is 9.80. The molecule has 0 unspecified atom stereocenters. The van der Waals surface area contributed by atoms with Crippen molar-refractivity contribution < 1.29 is 14.7 Å². The Morgan fingerprint density at radius 1 is 1.44 bits per heavy atom. The highest BCUT2D eigenvalue weighted by atomic mass is 32.1. The number of hydrogen-bond donors (Lipinski definition) is 2. The van der Waals surface area contributed by atoms with Gasteiger partial charge in [-0.25, -0.2) is 4.79 Å². The van der Waals surface area contributed by atoms with Crippen LogP contribution in [0.3, 0.4) is 0 Å². The van der Waals surface area contributed by atoms with Crippen molar-refractivity contribution in [3.63, 3.8) is 0 Å². The first-order chi connectivity index (χ1) is 8.51. The van der Waals surface area contributed by atoms with Gasteiger partial charge in [0, 0.05) is 24.6 Å². The minimum Gasteiger partial charge on any atom is -0.481 e. The van der Waals surface area contributed by atoms with Crippen molar-refractivity contribution in [3.8, 4) is 0 Å². The molecule has 0 saturated carbocycles. The summed E-state index contributed by atoms with van der Waals surface area (Å²) in [6, 6.07) is -0.291. The molecule has 1 aliphatic rings. The van der Waals surface area contributed by atoms with Crippen LogP contribution in [0.2, 0.25) is 0 Å². The first-order valence-corrected chi connectivity index (χ1v) is 6.23. The Labute approximate surface area is 107 Å². The summed E-state index contributed by atoms with van der Waals surface area (Å²) in [5, 5.41) is 19.0. The fourth-order valence-corrected chi connectivity index (χ4v) is 2.13. The summed E-state index contributed by atoms with van der Waals surface area (Å²) >= 11 is 0.995. The highest BCUT2D eigenvalue weighted by molar-refractivity contribution is 7.09. The third-order valence-electron chi connectivity index (χ3n) is 3.18. The van der Waals surface area contributed by atoms with Gasteiger partial charge in [-0.3, -0.25) is 10.1 Å². The maximum atomic E-state index is 11.8. The Morgan fingerprint density at radius 3 is 2.61 bits per heavy atom. The van der Waals surface area contributed by atoms with E-state index in [1.165, 1.54) is 0 Å². The van der Waals surface area contributed by atoms with Crippen LogP contribution in [0, 0.1) is 5.41 Å². The molecule has 98 valence electrons. The molecule has 1 aromatic rings. The van der Waals surface area contributed by atoms with Crippen molar-refractivity contribution in [1.82, 2.24) is 19.7 Å². The Morgan fingerprint density at radius 2 is 2.11 bits per heavy atom. The van der Waals surface area contributed by atoms with Gasteiger partial charge in [-0.15, -0.1) is 0 Å². The molecular weight excluding hydrogens is 258 g/mol. The van der Waals surface area contributed by atoms with Gasteiger partial charge in [0.15, 0.2) is 0 Å². The Bertz CT molecular complexity index is 441. The zero-order chi connectivity index (χ0) is 13.2. The van der Waals surface area contributed by atoms with E-state index < -0.39 is 11.4 Å². The number of aromatic nitrogens is 3. The number of nitrogens with one attached hydrogen (secondary N) is 1. The molecule has 0 aliphatic carbocycles. The molecule has 0 spiro atoms. The fraction of sp³-hybridized carbons (Fsp3) is 0.667. The van der Waals surface area contributed by atoms with Crippen molar-refractivity contribution in [2.45, 2.75) is 19.8 Å². The van der Waals surface area contributed by atoms with Crippen LogP contribution in [-0.4, -0.2) is 49.9 Å². The van der Waals surface area contributed by atoms with Gasteiger partial charge in [0.1, 0.15) is 0 Å². The Hall–Kier alpha value is -1.77. The molecule has 2 rings (SSSR count). The summed E-state index contributed by atoms with van der Waals surface area (Å²) in [5.74, 6) is -0.809. The lowest BCUT2D eigenvalue weighted by molar-refractivity contribution is -0.150. The predicted octanol–water partition coefficient (Wildman–Crippen LogP) is 0.652. The van der Waals surface area contributed by atoms with E-state index in [9.17, 15) is 9.59 Å². The van der Waals surface area contributed by atoms with Crippen LogP contribution in [0.1, 0.15) is 19.8 Å². The van der Waals surface area contributed by atoms with Gasteiger partial charge in [-0.1, -0.05) is 9.59 Å². The predicted molar refractivity (Wildman–Crippen MR) is 63.3 cm³/mol. The average molecular weight is 271 g/mol. The monoisotopic (exact) mass is 271 g/mol. The molecule has 0 bridgehead atoms. The van der Waals surface area contributed by atoms with Gasteiger partial charge < -0.3 is 10.0 Å². The maximum Gasteiger partial charge on any atom is 0.323 e. The standard InChI is InChI=1S/C9H13N5O3S/c1-9(6(15)16)2-4-14(5-3-9)8(17)10-7-11-12-13-18-7/h2-5H2,1H3,(H,15,16)(H,10,11,13,17). The van der Waals surface area contributed by atoms with Crippen molar-refractivity contribution in [2.24, 2.45) is 5.41 Å². The molecule has 18 heavy (non-hydrogen) atoms. The zero-order valence-electron chi connectivity index (χ0n) is 9.79. The number of rotatable bonds is 2. The van der Waals surface area contributed by atoms with Gasteiger partial charge in [0.05, 0.1) is 5.41 Å². The molecule has 8 nitrogen and oxygen atoms in total.